The van der Waals surface area contributed by atoms with Crippen molar-refractivity contribution in [1.29, 1.82) is 0 Å². The molecule has 0 amide bonds. The highest BCUT2D eigenvalue weighted by molar-refractivity contribution is 5.58. The molecule has 94 valence electrons. The molecule has 17 heavy (non-hydrogen) atoms. The lowest BCUT2D eigenvalue weighted by atomic mass is 10.0. The molecular weight excluding hydrogens is 214 g/mol. The maximum atomic E-state index is 8.84. The van der Waals surface area contributed by atoms with Crippen LogP contribution in [0, 0.1) is 0 Å². The van der Waals surface area contributed by atoms with Gasteiger partial charge in [-0.25, -0.2) is 0 Å². The Balaban J connectivity index is 2.16. The molecule has 1 aromatic carbocycles. The molecule has 1 aromatic rings. The summed E-state index contributed by atoms with van der Waals surface area (Å²) in [4.78, 5) is 2.28. The van der Waals surface area contributed by atoms with Gasteiger partial charge in [0.1, 0.15) is 0 Å². The lowest BCUT2D eigenvalue weighted by Gasteiger charge is -2.18. The van der Waals surface area contributed by atoms with Crippen molar-refractivity contribution in [3.8, 4) is 0 Å². The van der Waals surface area contributed by atoms with Crippen LogP contribution in [-0.4, -0.2) is 38.4 Å². The minimum atomic E-state index is 0.137. The third kappa shape index (κ3) is 2.60. The van der Waals surface area contributed by atoms with Crippen molar-refractivity contribution in [3.05, 3.63) is 29.3 Å². The van der Waals surface area contributed by atoms with Gasteiger partial charge < -0.3 is 21.1 Å². The lowest BCUT2D eigenvalue weighted by Crippen LogP contribution is -2.30. The lowest BCUT2D eigenvalue weighted by molar-refractivity contribution is 0.285. The van der Waals surface area contributed by atoms with Crippen LogP contribution < -0.4 is 16.0 Å². The molecule has 1 unspecified atom stereocenters. The fourth-order valence-electron chi connectivity index (χ4n) is 2.38. The SMILES string of the molecule is CN1CCc2cc(C(CN)NCCO)ccc21. The van der Waals surface area contributed by atoms with E-state index in [1.54, 1.807) is 0 Å². The number of benzene rings is 1. The Kier molecular flexibility index (Phi) is 3.99. The summed E-state index contributed by atoms with van der Waals surface area (Å²) in [5, 5.41) is 12.1. The quantitative estimate of drug-likeness (QED) is 0.685. The van der Waals surface area contributed by atoms with Crippen molar-refractivity contribution in [2.75, 3.05) is 38.2 Å². The van der Waals surface area contributed by atoms with E-state index >= 15 is 0 Å². The molecule has 0 aromatic heterocycles. The van der Waals surface area contributed by atoms with E-state index in [0.29, 0.717) is 13.1 Å². The van der Waals surface area contributed by atoms with Gasteiger partial charge in [-0.15, -0.1) is 0 Å². The number of likely N-dealkylation sites (N-methyl/N-ethyl adjacent to an activating group) is 1. The third-order valence-corrected chi connectivity index (χ3v) is 3.37. The summed E-state index contributed by atoms with van der Waals surface area (Å²) < 4.78 is 0. The van der Waals surface area contributed by atoms with E-state index in [9.17, 15) is 0 Å². The first-order chi connectivity index (χ1) is 8.26. The number of aliphatic hydroxyl groups excluding tert-OH is 1. The van der Waals surface area contributed by atoms with Crippen LogP contribution in [0.4, 0.5) is 5.69 Å². The standard InChI is InChI=1S/C13H21N3O/c1-16-6-4-11-8-10(2-3-13(11)16)12(9-14)15-5-7-17/h2-3,8,12,15,17H,4-7,9,14H2,1H3. The molecule has 1 aliphatic rings. The molecule has 2 rings (SSSR count). The smallest absolute Gasteiger partial charge is 0.0556 e. The normalized spacial score (nSPS) is 16.1. The van der Waals surface area contributed by atoms with E-state index in [1.165, 1.54) is 16.8 Å². The zero-order valence-electron chi connectivity index (χ0n) is 10.3. The van der Waals surface area contributed by atoms with Crippen molar-refractivity contribution in [3.63, 3.8) is 0 Å². The first-order valence-electron chi connectivity index (χ1n) is 6.14. The Morgan fingerprint density at radius 3 is 3.06 bits per heavy atom. The van der Waals surface area contributed by atoms with Gasteiger partial charge in [-0.3, -0.25) is 0 Å². The van der Waals surface area contributed by atoms with E-state index in [2.05, 4.69) is 35.5 Å². The third-order valence-electron chi connectivity index (χ3n) is 3.37. The highest BCUT2D eigenvalue weighted by Gasteiger charge is 2.17. The highest BCUT2D eigenvalue weighted by atomic mass is 16.3. The predicted molar refractivity (Wildman–Crippen MR) is 70.3 cm³/mol. The van der Waals surface area contributed by atoms with Crippen LogP contribution in [0.25, 0.3) is 0 Å². The fraction of sp³-hybridized carbons (Fsp3) is 0.538. The summed E-state index contributed by atoms with van der Waals surface area (Å²) in [7, 11) is 2.12. The maximum Gasteiger partial charge on any atom is 0.0556 e. The van der Waals surface area contributed by atoms with E-state index in [-0.39, 0.29) is 12.6 Å². The summed E-state index contributed by atoms with van der Waals surface area (Å²) >= 11 is 0. The summed E-state index contributed by atoms with van der Waals surface area (Å²) in [6, 6.07) is 6.67. The van der Waals surface area contributed by atoms with E-state index in [4.69, 9.17) is 10.8 Å². The zero-order chi connectivity index (χ0) is 12.3. The Bertz CT molecular complexity index is 381. The van der Waals surface area contributed by atoms with Crippen LogP contribution in [0.1, 0.15) is 17.2 Å². The first-order valence-corrected chi connectivity index (χ1v) is 6.14. The second-order valence-corrected chi connectivity index (χ2v) is 4.53. The second-order valence-electron chi connectivity index (χ2n) is 4.53. The maximum absolute atomic E-state index is 8.84. The Morgan fingerprint density at radius 1 is 1.53 bits per heavy atom. The molecule has 4 nitrogen and oxygen atoms in total. The Hall–Kier alpha value is -1.10. The fourth-order valence-corrected chi connectivity index (χ4v) is 2.38. The van der Waals surface area contributed by atoms with Crippen molar-refractivity contribution >= 4 is 5.69 Å². The Morgan fingerprint density at radius 2 is 2.35 bits per heavy atom. The molecule has 1 aliphatic heterocycles. The topological polar surface area (TPSA) is 61.5 Å². The van der Waals surface area contributed by atoms with Gasteiger partial charge in [-0.1, -0.05) is 12.1 Å². The van der Waals surface area contributed by atoms with Crippen molar-refractivity contribution < 1.29 is 5.11 Å². The summed E-state index contributed by atoms with van der Waals surface area (Å²) in [6.07, 6.45) is 1.11. The van der Waals surface area contributed by atoms with Gasteiger partial charge in [0, 0.05) is 38.4 Å². The number of hydrogen-bond donors (Lipinski definition) is 3. The zero-order valence-corrected chi connectivity index (χ0v) is 10.3. The van der Waals surface area contributed by atoms with Crippen LogP contribution in [0.5, 0.6) is 0 Å². The molecule has 4 N–H and O–H groups in total. The largest absolute Gasteiger partial charge is 0.395 e. The van der Waals surface area contributed by atoms with Gasteiger partial charge in [0.25, 0.3) is 0 Å². The van der Waals surface area contributed by atoms with Gasteiger partial charge in [0.05, 0.1) is 6.61 Å². The molecule has 4 heteroatoms. The number of nitrogens with two attached hydrogens (primary N) is 1. The Labute approximate surface area is 102 Å². The van der Waals surface area contributed by atoms with E-state index in [1.807, 2.05) is 0 Å². The average Bonchev–Trinajstić information content (AvgIpc) is 2.72. The number of nitrogens with one attached hydrogen (secondary N) is 1. The minimum absolute atomic E-state index is 0.137. The molecular formula is C13H21N3O. The van der Waals surface area contributed by atoms with Crippen LogP contribution in [0.15, 0.2) is 18.2 Å². The molecule has 0 saturated heterocycles. The van der Waals surface area contributed by atoms with Crippen molar-refractivity contribution in [2.45, 2.75) is 12.5 Å². The van der Waals surface area contributed by atoms with Gasteiger partial charge in [0.15, 0.2) is 0 Å². The molecule has 0 saturated carbocycles. The van der Waals surface area contributed by atoms with Crippen molar-refractivity contribution in [1.82, 2.24) is 5.32 Å². The minimum Gasteiger partial charge on any atom is -0.395 e. The first kappa shape index (κ1) is 12.4. The van der Waals surface area contributed by atoms with Crippen LogP contribution >= 0.6 is 0 Å². The molecule has 0 bridgehead atoms. The molecule has 0 fully saturated rings. The van der Waals surface area contributed by atoms with Crippen LogP contribution in [-0.2, 0) is 6.42 Å². The average molecular weight is 235 g/mol. The molecule has 0 spiro atoms. The summed E-state index contributed by atoms with van der Waals surface area (Å²) in [5.74, 6) is 0. The monoisotopic (exact) mass is 235 g/mol. The van der Waals surface area contributed by atoms with Crippen molar-refractivity contribution in [2.24, 2.45) is 5.73 Å². The number of nitrogens with zero attached hydrogens (tertiary/aromatic N) is 1. The molecule has 1 heterocycles. The number of aliphatic hydroxyl groups is 1. The number of rotatable bonds is 5. The summed E-state index contributed by atoms with van der Waals surface area (Å²) in [6.45, 7) is 2.37. The second kappa shape index (κ2) is 5.49. The van der Waals surface area contributed by atoms with Crippen LogP contribution in [0.2, 0.25) is 0 Å². The molecule has 0 aliphatic carbocycles. The van der Waals surface area contributed by atoms with E-state index < -0.39 is 0 Å². The molecule has 0 radical (unpaired) electrons. The van der Waals surface area contributed by atoms with Gasteiger partial charge in [0.2, 0.25) is 0 Å². The predicted octanol–water partition coefficient (Wildman–Crippen LogP) is 0.261. The van der Waals surface area contributed by atoms with E-state index in [0.717, 1.165) is 13.0 Å². The van der Waals surface area contributed by atoms with Crippen LogP contribution in [0.3, 0.4) is 0 Å². The number of fused-ring (bicyclic) bond motifs is 1. The highest BCUT2D eigenvalue weighted by Crippen LogP contribution is 2.29. The molecule has 1 atom stereocenters. The van der Waals surface area contributed by atoms with Gasteiger partial charge >= 0.3 is 0 Å². The number of anilines is 1. The van der Waals surface area contributed by atoms with Gasteiger partial charge in [-0.2, -0.15) is 0 Å². The van der Waals surface area contributed by atoms with Gasteiger partial charge in [-0.05, 0) is 23.6 Å². The summed E-state index contributed by atoms with van der Waals surface area (Å²) in [5.41, 5.74) is 9.70. The number of hydrogen-bond acceptors (Lipinski definition) is 4.